The van der Waals surface area contributed by atoms with E-state index in [0.29, 0.717) is 13.0 Å². The molecule has 1 heterocycles. The zero-order valence-corrected chi connectivity index (χ0v) is 10.2. The Labute approximate surface area is 97.0 Å². The van der Waals surface area contributed by atoms with Crippen LogP contribution in [0.4, 0.5) is 0 Å². The number of nitrogens with zero attached hydrogens (tertiary/aromatic N) is 1. The van der Waals surface area contributed by atoms with E-state index in [0.717, 1.165) is 6.42 Å². The first-order valence-electron chi connectivity index (χ1n) is 5.83. The number of nitrogens with one attached hydrogen (secondary N) is 1. The number of carbonyl (C=O) groups is 1. The molecule has 1 rings (SSSR count). The molecule has 0 radical (unpaired) electrons. The highest BCUT2D eigenvalue weighted by molar-refractivity contribution is 6.43. The first kappa shape index (κ1) is 13.5. The maximum absolute atomic E-state index is 12.2. The predicted molar refractivity (Wildman–Crippen MR) is 62.6 cm³/mol. The molecular weight excluding hydrogens is 207 g/mol. The lowest BCUT2D eigenvalue weighted by atomic mass is 9.77. The minimum Gasteiger partial charge on any atom is -0.426 e. The van der Waals surface area contributed by atoms with Gasteiger partial charge in [0, 0.05) is 6.54 Å². The lowest BCUT2D eigenvalue weighted by molar-refractivity contribution is -0.134. The summed E-state index contributed by atoms with van der Waals surface area (Å²) in [5.74, 6) is -0.287. The van der Waals surface area contributed by atoms with Gasteiger partial charge in [-0.1, -0.05) is 13.8 Å². The van der Waals surface area contributed by atoms with Crippen LogP contribution >= 0.6 is 0 Å². The molecule has 0 aliphatic carbocycles. The highest BCUT2D eigenvalue weighted by Gasteiger charge is 2.39. The number of amides is 1. The third-order valence-corrected chi connectivity index (χ3v) is 3.17. The van der Waals surface area contributed by atoms with E-state index in [-0.39, 0.29) is 17.9 Å². The molecule has 5 nitrogen and oxygen atoms in total. The number of rotatable bonds is 4. The molecular formula is C10H21BN2O3. The average molecular weight is 228 g/mol. The van der Waals surface area contributed by atoms with Crippen molar-refractivity contribution in [2.24, 2.45) is 5.92 Å². The second-order valence-corrected chi connectivity index (χ2v) is 4.67. The minimum atomic E-state index is -1.43. The van der Waals surface area contributed by atoms with Crippen LogP contribution in [0, 0.1) is 5.92 Å². The van der Waals surface area contributed by atoms with Gasteiger partial charge >= 0.3 is 7.12 Å². The molecule has 0 aromatic rings. The third-order valence-electron chi connectivity index (χ3n) is 3.17. The van der Waals surface area contributed by atoms with Crippen molar-refractivity contribution in [1.29, 1.82) is 0 Å². The molecule has 0 saturated carbocycles. The van der Waals surface area contributed by atoms with Gasteiger partial charge in [0.25, 0.3) is 0 Å². The van der Waals surface area contributed by atoms with Crippen LogP contribution < -0.4 is 5.32 Å². The smallest absolute Gasteiger partial charge is 0.426 e. The second-order valence-electron chi connectivity index (χ2n) is 4.67. The van der Waals surface area contributed by atoms with Crippen LogP contribution in [0.3, 0.4) is 0 Å². The van der Waals surface area contributed by atoms with Gasteiger partial charge in [0.1, 0.15) is 0 Å². The average Bonchev–Trinajstić information content (AvgIpc) is 2.65. The molecule has 1 aliphatic rings. The largest absolute Gasteiger partial charge is 0.475 e. The van der Waals surface area contributed by atoms with Crippen LogP contribution in [-0.2, 0) is 4.79 Å². The topological polar surface area (TPSA) is 72.8 Å². The maximum atomic E-state index is 12.2. The molecule has 0 bridgehead atoms. The molecule has 6 heteroatoms. The van der Waals surface area contributed by atoms with Gasteiger partial charge in [-0.05, 0) is 25.8 Å². The van der Waals surface area contributed by atoms with Crippen molar-refractivity contribution in [2.45, 2.75) is 38.7 Å². The van der Waals surface area contributed by atoms with Gasteiger partial charge in [0.05, 0.1) is 12.0 Å². The van der Waals surface area contributed by atoms with E-state index in [9.17, 15) is 14.8 Å². The first-order valence-corrected chi connectivity index (χ1v) is 5.83. The zero-order valence-electron chi connectivity index (χ0n) is 10.2. The van der Waals surface area contributed by atoms with E-state index < -0.39 is 13.1 Å². The van der Waals surface area contributed by atoms with Crippen LogP contribution in [0.1, 0.15) is 26.7 Å². The van der Waals surface area contributed by atoms with E-state index in [1.54, 1.807) is 11.9 Å². The highest BCUT2D eigenvalue weighted by Crippen LogP contribution is 2.20. The van der Waals surface area contributed by atoms with Crippen molar-refractivity contribution < 1.29 is 14.8 Å². The molecule has 1 saturated heterocycles. The van der Waals surface area contributed by atoms with Gasteiger partial charge in [-0.25, -0.2) is 0 Å². The number of carbonyl (C=O) groups excluding carboxylic acids is 1. The third kappa shape index (κ3) is 2.75. The summed E-state index contributed by atoms with van der Waals surface area (Å²) in [6.07, 6.45) is 1.50. The Balaban J connectivity index is 2.72. The molecule has 0 spiro atoms. The highest BCUT2D eigenvalue weighted by atomic mass is 16.4. The molecule has 0 aromatic heterocycles. The minimum absolute atomic E-state index is 0.0342. The van der Waals surface area contributed by atoms with Crippen LogP contribution in [0.25, 0.3) is 0 Å². The summed E-state index contributed by atoms with van der Waals surface area (Å²) in [6.45, 7) is 4.56. The monoisotopic (exact) mass is 228 g/mol. The molecule has 0 aromatic carbocycles. The van der Waals surface area contributed by atoms with Gasteiger partial charge in [0.15, 0.2) is 0 Å². The number of hydrogen-bond donors (Lipinski definition) is 3. The summed E-state index contributed by atoms with van der Waals surface area (Å²) in [5, 5.41) is 21.4. The van der Waals surface area contributed by atoms with Crippen molar-refractivity contribution in [1.82, 2.24) is 10.2 Å². The number of hydrogen-bond acceptors (Lipinski definition) is 4. The van der Waals surface area contributed by atoms with E-state index in [4.69, 9.17) is 0 Å². The van der Waals surface area contributed by atoms with Crippen LogP contribution in [0.2, 0.25) is 0 Å². The molecule has 0 unspecified atom stereocenters. The Bertz CT molecular complexity index is 248. The van der Waals surface area contributed by atoms with Crippen molar-refractivity contribution >= 4 is 13.0 Å². The number of likely N-dealkylation sites (tertiary alicyclic amines) is 1. The summed E-state index contributed by atoms with van der Waals surface area (Å²) in [7, 11) is 0.319. The standard InChI is InChI=1S/C10H21BN2O3/c1-7(2)9(12-3)10(14)13-6-4-5-8(13)11(15)16/h7-9,12,15-16H,4-6H2,1-3H3/t8-,9-/m0/s1. The van der Waals surface area contributed by atoms with Gasteiger partial charge in [0.2, 0.25) is 5.91 Å². The molecule has 1 fully saturated rings. The lowest BCUT2D eigenvalue weighted by Crippen LogP contribution is -2.53. The quantitative estimate of drug-likeness (QED) is 0.552. The molecule has 3 N–H and O–H groups in total. The summed E-state index contributed by atoms with van der Waals surface area (Å²) in [4.78, 5) is 13.8. The van der Waals surface area contributed by atoms with E-state index in [1.165, 1.54) is 0 Å². The normalized spacial score (nSPS) is 22.6. The molecule has 1 aliphatic heterocycles. The van der Waals surface area contributed by atoms with Crippen LogP contribution in [-0.4, -0.2) is 53.5 Å². The van der Waals surface area contributed by atoms with E-state index >= 15 is 0 Å². The maximum Gasteiger partial charge on any atom is 0.475 e. The second kappa shape index (κ2) is 5.66. The van der Waals surface area contributed by atoms with E-state index in [2.05, 4.69) is 5.32 Å². The summed E-state index contributed by atoms with van der Waals surface area (Å²) in [6, 6.07) is -0.251. The Morgan fingerprint density at radius 3 is 2.56 bits per heavy atom. The summed E-state index contributed by atoms with van der Waals surface area (Å²) >= 11 is 0. The SMILES string of the molecule is CN[C@H](C(=O)N1CCC[C@H]1B(O)O)C(C)C. The molecule has 1 amide bonds. The van der Waals surface area contributed by atoms with Crippen molar-refractivity contribution in [3.8, 4) is 0 Å². The van der Waals surface area contributed by atoms with Gasteiger partial charge in [-0.15, -0.1) is 0 Å². The van der Waals surface area contributed by atoms with Gasteiger partial charge < -0.3 is 20.3 Å². The predicted octanol–water partition coefficient (Wildman–Crippen LogP) is -0.767. The zero-order chi connectivity index (χ0) is 12.3. The van der Waals surface area contributed by atoms with Crippen molar-refractivity contribution in [3.63, 3.8) is 0 Å². The summed E-state index contributed by atoms with van der Waals surface area (Å²) < 4.78 is 0. The Kier molecular flexibility index (Phi) is 4.77. The van der Waals surface area contributed by atoms with E-state index in [1.807, 2.05) is 13.8 Å². The van der Waals surface area contributed by atoms with Crippen molar-refractivity contribution in [2.75, 3.05) is 13.6 Å². The molecule has 16 heavy (non-hydrogen) atoms. The lowest BCUT2D eigenvalue weighted by Gasteiger charge is -2.30. The van der Waals surface area contributed by atoms with Gasteiger partial charge in [-0.2, -0.15) is 0 Å². The molecule has 2 atom stereocenters. The molecule has 92 valence electrons. The Morgan fingerprint density at radius 1 is 1.50 bits per heavy atom. The number of likely N-dealkylation sites (N-methyl/N-ethyl adjacent to an activating group) is 1. The van der Waals surface area contributed by atoms with Crippen LogP contribution in [0.5, 0.6) is 0 Å². The fraction of sp³-hybridized carbons (Fsp3) is 0.900. The fourth-order valence-electron chi connectivity index (χ4n) is 2.30. The summed E-state index contributed by atoms with van der Waals surface area (Å²) in [5.41, 5.74) is 0. The Morgan fingerprint density at radius 2 is 2.12 bits per heavy atom. The van der Waals surface area contributed by atoms with Crippen molar-refractivity contribution in [3.05, 3.63) is 0 Å². The first-order chi connectivity index (χ1) is 7.49. The fourth-order valence-corrected chi connectivity index (χ4v) is 2.30. The van der Waals surface area contributed by atoms with Gasteiger partial charge in [-0.3, -0.25) is 4.79 Å². The Hall–Kier alpha value is -0.585. The van der Waals surface area contributed by atoms with Crippen LogP contribution in [0.15, 0.2) is 0 Å².